The Morgan fingerprint density at radius 1 is 1.30 bits per heavy atom. The van der Waals surface area contributed by atoms with Gasteiger partial charge in [-0.3, -0.25) is 0 Å². The number of carboxylic acid groups (broad SMARTS) is 1. The van der Waals surface area contributed by atoms with Crippen LogP contribution in [-0.2, 0) is 0 Å². The van der Waals surface area contributed by atoms with Gasteiger partial charge in [0.1, 0.15) is 11.4 Å². The molecule has 3 aromatic rings. The molecular weight excluding hydrogens is 274 g/mol. The van der Waals surface area contributed by atoms with Crippen molar-refractivity contribution in [2.24, 2.45) is 0 Å². The highest BCUT2D eigenvalue weighted by Gasteiger charge is 2.20. The van der Waals surface area contributed by atoms with Gasteiger partial charge in [0.15, 0.2) is 0 Å². The van der Waals surface area contributed by atoms with Crippen LogP contribution in [0.4, 0.5) is 0 Å². The summed E-state index contributed by atoms with van der Waals surface area (Å²) in [6.07, 6.45) is 0. The van der Waals surface area contributed by atoms with Crippen LogP contribution in [0.1, 0.15) is 29.0 Å². The molecule has 0 spiro atoms. The number of rotatable bonds is 3. The van der Waals surface area contributed by atoms with E-state index in [1.165, 1.54) is 0 Å². The number of fused-ring (bicyclic) bond motifs is 1. The summed E-state index contributed by atoms with van der Waals surface area (Å²) in [5, 5.41) is 23.7. The molecule has 0 aliphatic carbocycles. The highest BCUT2D eigenvalue weighted by atomic mass is 32.1. The molecule has 5 heteroatoms. The predicted molar refractivity (Wildman–Crippen MR) is 78.7 cm³/mol. The van der Waals surface area contributed by atoms with Crippen molar-refractivity contribution in [1.29, 1.82) is 0 Å². The number of hydrogen-bond donors (Lipinski definition) is 2. The molecule has 102 valence electrons. The van der Waals surface area contributed by atoms with Gasteiger partial charge in [-0.1, -0.05) is 0 Å². The number of phenols is 1. The molecular formula is C15H13NO3S. The van der Waals surface area contributed by atoms with Gasteiger partial charge in [-0.25, -0.2) is 4.79 Å². The lowest BCUT2D eigenvalue weighted by molar-refractivity contribution is 0.0684. The van der Waals surface area contributed by atoms with E-state index in [1.807, 2.05) is 23.8 Å². The lowest BCUT2D eigenvalue weighted by Gasteiger charge is -2.16. The van der Waals surface area contributed by atoms with Gasteiger partial charge in [0, 0.05) is 10.9 Å². The summed E-state index contributed by atoms with van der Waals surface area (Å²) in [5.41, 5.74) is 2.10. The Morgan fingerprint density at radius 3 is 2.75 bits per heavy atom. The molecule has 2 heterocycles. The summed E-state index contributed by atoms with van der Waals surface area (Å²) in [6.45, 7) is 1.97. The molecule has 1 aromatic carbocycles. The van der Waals surface area contributed by atoms with Crippen LogP contribution < -0.4 is 0 Å². The van der Waals surface area contributed by atoms with Crippen molar-refractivity contribution < 1.29 is 15.0 Å². The molecule has 2 aromatic heterocycles. The Labute approximate surface area is 119 Å². The normalized spacial score (nSPS) is 12.7. The van der Waals surface area contributed by atoms with Crippen LogP contribution in [0.2, 0.25) is 0 Å². The topological polar surface area (TPSA) is 62.5 Å². The van der Waals surface area contributed by atoms with E-state index in [9.17, 15) is 15.0 Å². The van der Waals surface area contributed by atoms with Gasteiger partial charge in [0.2, 0.25) is 0 Å². The van der Waals surface area contributed by atoms with E-state index in [0.29, 0.717) is 0 Å². The highest BCUT2D eigenvalue weighted by molar-refractivity contribution is 7.07. The van der Waals surface area contributed by atoms with Crippen molar-refractivity contribution in [3.8, 4) is 5.75 Å². The summed E-state index contributed by atoms with van der Waals surface area (Å²) in [6, 6.07) is 8.42. The minimum absolute atomic E-state index is 0.0746. The zero-order valence-corrected chi connectivity index (χ0v) is 11.6. The van der Waals surface area contributed by atoms with Crippen LogP contribution in [0.15, 0.2) is 41.1 Å². The molecule has 0 bridgehead atoms. The van der Waals surface area contributed by atoms with E-state index in [1.54, 1.807) is 40.2 Å². The molecule has 20 heavy (non-hydrogen) atoms. The van der Waals surface area contributed by atoms with E-state index >= 15 is 0 Å². The van der Waals surface area contributed by atoms with E-state index in [2.05, 4.69) is 0 Å². The first-order valence-corrected chi connectivity index (χ1v) is 7.11. The van der Waals surface area contributed by atoms with Crippen molar-refractivity contribution in [2.45, 2.75) is 13.0 Å². The molecule has 0 aliphatic rings. The second-order valence-corrected chi connectivity index (χ2v) is 5.46. The first kappa shape index (κ1) is 12.7. The quantitative estimate of drug-likeness (QED) is 0.771. The second kappa shape index (κ2) is 4.68. The largest absolute Gasteiger partial charge is 0.508 e. The number of benzene rings is 1. The maximum atomic E-state index is 11.5. The van der Waals surface area contributed by atoms with Gasteiger partial charge in [0.25, 0.3) is 0 Å². The number of aromatic hydroxyl groups is 1. The summed E-state index contributed by atoms with van der Waals surface area (Å²) >= 11 is 1.59. The van der Waals surface area contributed by atoms with Gasteiger partial charge in [-0.15, -0.1) is 0 Å². The van der Waals surface area contributed by atoms with Crippen molar-refractivity contribution in [2.75, 3.05) is 0 Å². The maximum absolute atomic E-state index is 11.5. The minimum Gasteiger partial charge on any atom is -0.508 e. The highest BCUT2D eigenvalue weighted by Crippen LogP contribution is 2.30. The zero-order valence-electron chi connectivity index (χ0n) is 10.8. The minimum atomic E-state index is -0.970. The number of carboxylic acids is 1. The molecule has 0 saturated carbocycles. The van der Waals surface area contributed by atoms with Gasteiger partial charge in [-0.2, -0.15) is 11.3 Å². The van der Waals surface area contributed by atoms with Gasteiger partial charge in [-0.05, 0) is 53.6 Å². The van der Waals surface area contributed by atoms with Crippen LogP contribution in [0.3, 0.4) is 0 Å². The summed E-state index contributed by atoms with van der Waals surface area (Å²) in [7, 11) is 0. The van der Waals surface area contributed by atoms with E-state index in [4.69, 9.17) is 0 Å². The van der Waals surface area contributed by atoms with Gasteiger partial charge in [0.05, 0.1) is 6.04 Å². The third kappa shape index (κ3) is 1.96. The number of carbonyl (C=O) groups is 1. The molecule has 3 rings (SSSR count). The van der Waals surface area contributed by atoms with Crippen LogP contribution in [0, 0.1) is 0 Å². The lowest BCUT2D eigenvalue weighted by Crippen LogP contribution is -2.13. The fourth-order valence-corrected chi connectivity index (χ4v) is 3.21. The third-order valence-corrected chi connectivity index (χ3v) is 4.16. The average molecular weight is 287 g/mol. The molecule has 2 N–H and O–H groups in total. The van der Waals surface area contributed by atoms with Crippen LogP contribution >= 0.6 is 11.3 Å². The second-order valence-electron chi connectivity index (χ2n) is 4.68. The Kier molecular flexibility index (Phi) is 2.99. The fraction of sp³-hybridized carbons (Fsp3) is 0.133. The number of aromatic carboxylic acids is 1. The molecule has 0 aliphatic heterocycles. The number of phenolic OH excluding ortho intramolecular Hbond substituents is 1. The monoisotopic (exact) mass is 287 g/mol. The molecule has 0 radical (unpaired) electrons. The van der Waals surface area contributed by atoms with Crippen molar-refractivity contribution in [3.63, 3.8) is 0 Å². The van der Waals surface area contributed by atoms with E-state index < -0.39 is 5.97 Å². The average Bonchev–Trinajstić information content (AvgIpc) is 3.04. The number of hydrogen-bond acceptors (Lipinski definition) is 3. The predicted octanol–water partition coefficient (Wildman–Crippen LogP) is 3.72. The molecule has 0 saturated heterocycles. The summed E-state index contributed by atoms with van der Waals surface area (Å²) in [5.74, 6) is -0.836. The first-order valence-electron chi connectivity index (χ1n) is 6.17. The Morgan fingerprint density at radius 2 is 2.10 bits per heavy atom. The van der Waals surface area contributed by atoms with Crippen molar-refractivity contribution in [3.05, 3.63) is 52.3 Å². The molecule has 0 fully saturated rings. The number of nitrogens with zero attached hydrogens (tertiary/aromatic N) is 1. The van der Waals surface area contributed by atoms with E-state index in [0.717, 1.165) is 16.5 Å². The maximum Gasteiger partial charge on any atom is 0.352 e. The summed E-state index contributed by atoms with van der Waals surface area (Å²) < 4.78 is 1.79. The first-order chi connectivity index (χ1) is 9.58. The SMILES string of the molecule is CC(c1ccsc1)n1c(C(=O)O)cc2cc(O)ccc21. The number of aromatic nitrogens is 1. The molecule has 4 nitrogen and oxygen atoms in total. The van der Waals surface area contributed by atoms with Crippen LogP contribution in [0.25, 0.3) is 10.9 Å². The van der Waals surface area contributed by atoms with Gasteiger partial charge < -0.3 is 14.8 Å². The zero-order chi connectivity index (χ0) is 14.3. The van der Waals surface area contributed by atoms with Crippen molar-refractivity contribution >= 4 is 28.2 Å². The Balaban J connectivity index is 2.26. The van der Waals surface area contributed by atoms with E-state index in [-0.39, 0.29) is 17.5 Å². The van der Waals surface area contributed by atoms with Crippen molar-refractivity contribution in [1.82, 2.24) is 4.57 Å². The number of thiophene rings is 1. The smallest absolute Gasteiger partial charge is 0.352 e. The standard InChI is InChI=1S/C15H13NO3S/c1-9(10-4-5-20-8-10)16-13-3-2-12(17)6-11(13)7-14(16)15(18)19/h2-9,17H,1H3,(H,18,19). The molecule has 0 amide bonds. The Bertz CT molecular complexity index is 774. The van der Waals surface area contributed by atoms with Gasteiger partial charge >= 0.3 is 5.97 Å². The molecule has 1 unspecified atom stereocenters. The molecule has 1 atom stereocenters. The third-order valence-electron chi connectivity index (χ3n) is 3.45. The summed E-state index contributed by atoms with van der Waals surface area (Å²) in [4.78, 5) is 11.5. The Hall–Kier alpha value is -2.27. The van der Waals surface area contributed by atoms with Crippen LogP contribution in [0.5, 0.6) is 5.75 Å². The lowest BCUT2D eigenvalue weighted by atomic mass is 10.1. The fourth-order valence-electron chi connectivity index (χ4n) is 2.47. The van der Waals surface area contributed by atoms with Crippen LogP contribution in [-0.4, -0.2) is 20.7 Å².